The normalized spacial score (nSPS) is 9.83. The summed E-state index contributed by atoms with van der Waals surface area (Å²) in [6, 6.07) is 5.16. The lowest BCUT2D eigenvalue weighted by Crippen LogP contribution is -2.07. The molecule has 1 rings (SSSR count). The molecule has 0 radical (unpaired) electrons. The van der Waals surface area contributed by atoms with Gasteiger partial charge in [0.1, 0.15) is 6.61 Å². The fourth-order valence-electron chi connectivity index (χ4n) is 0.997. The molecule has 0 saturated carbocycles. The number of ketones is 1. The van der Waals surface area contributed by atoms with Gasteiger partial charge in [0.25, 0.3) is 0 Å². The van der Waals surface area contributed by atoms with E-state index in [4.69, 9.17) is 10.8 Å². The number of aliphatic hydroxyl groups is 1. The van der Waals surface area contributed by atoms with Gasteiger partial charge in [-0.15, -0.1) is 0 Å². The van der Waals surface area contributed by atoms with E-state index >= 15 is 0 Å². The van der Waals surface area contributed by atoms with Crippen LogP contribution in [-0.2, 0) is 0 Å². The molecule has 64 valence electrons. The summed E-state index contributed by atoms with van der Waals surface area (Å²) in [4.78, 5) is 11.1. The highest BCUT2D eigenvalue weighted by Crippen LogP contribution is 2.13. The molecule has 0 heterocycles. The van der Waals surface area contributed by atoms with Crippen molar-refractivity contribution in [1.29, 1.82) is 0 Å². The van der Waals surface area contributed by atoms with E-state index in [9.17, 15) is 4.79 Å². The Bertz CT molecular complexity index is 307. The van der Waals surface area contributed by atoms with Crippen LogP contribution in [0.1, 0.15) is 15.9 Å². The van der Waals surface area contributed by atoms with Crippen molar-refractivity contribution in [2.24, 2.45) is 0 Å². The summed E-state index contributed by atoms with van der Waals surface area (Å²) < 4.78 is 0. The second kappa shape index (κ2) is 3.36. The fraction of sp³-hybridized carbons (Fsp3) is 0.222. The second-order valence-corrected chi connectivity index (χ2v) is 2.67. The first kappa shape index (κ1) is 8.74. The third kappa shape index (κ3) is 1.62. The van der Waals surface area contributed by atoms with Gasteiger partial charge in [-0.2, -0.15) is 0 Å². The lowest BCUT2D eigenvalue weighted by atomic mass is 10.1. The van der Waals surface area contributed by atoms with Crippen LogP contribution in [0.2, 0.25) is 0 Å². The SMILES string of the molecule is Cc1ccc(N)c(C(=O)CO)c1. The van der Waals surface area contributed by atoms with Gasteiger partial charge in [0.2, 0.25) is 0 Å². The predicted molar refractivity (Wildman–Crippen MR) is 47.0 cm³/mol. The minimum atomic E-state index is -0.492. The molecule has 3 N–H and O–H groups in total. The lowest BCUT2D eigenvalue weighted by molar-refractivity contribution is 0.0904. The van der Waals surface area contributed by atoms with Gasteiger partial charge >= 0.3 is 0 Å². The lowest BCUT2D eigenvalue weighted by Gasteiger charge is -2.02. The second-order valence-electron chi connectivity index (χ2n) is 2.67. The first-order valence-corrected chi connectivity index (χ1v) is 3.65. The monoisotopic (exact) mass is 165 g/mol. The largest absolute Gasteiger partial charge is 0.398 e. The molecule has 0 amide bonds. The van der Waals surface area contributed by atoms with E-state index in [2.05, 4.69) is 0 Å². The molecule has 0 aromatic heterocycles. The van der Waals surface area contributed by atoms with Crippen molar-refractivity contribution in [3.63, 3.8) is 0 Å². The summed E-state index contributed by atoms with van der Waals surface area (Å²) in [7, 11) is 0. The van der Waals surface area contributed by atoms with Crippen LogP contribution in [0.4, 0.5) is 5.69 Å². The van der Waals surface area contributed by atoms with E-state index in [0.717, 1.165) is 5.56 Å². The molecule has 0 fully saturated rings. The van der Waals surface area contributed by atoms with Crippen molar-refractivity contribution in [3.8, 4) is 0 Å². The van der Waals surface area contributed by atoms with E-state index in [1.165, 1.54) is 0 Å². The molecule has 1 aromatic rings. The summed E-state index contributed by atoms with van der Waals surface area (Å²) in [6.07, 6.45) is 0. The van der Waals surface area contributed by atoms with Gasteiger partial charge < -0.3 is 10.8 Å². The Morgan fingerprint density at radius 3 is 2.83 bits per heavy atom. The summed E-state index contributed by atoms with van der Waals surface area (Å²) in [5, 5.41) is 8.60. The molecule has 1 aromatic carbocycles. The number of carbonyl (C=O) groups is 1. The maximum absolute atomic E-state index is 11.1. The molecule has 12 heavy (non-hydrogen) atoms. The molecule has 0 spiro atoms. The number of hydrogen-bond donors (Lipinski definition) is 2. The van der Waals surface area contributed by atoms with Crippen LogP contribution in [0.3, 0.4) is 0 Å². The zero-order valence-electron chi connectivity index (χ0n) is 6.87. The highest BCUT2D eigenvalue weighted by Gasteiger charge is 2.07. The maximum Gasteiger partial charge on any atom is 0.190 e. The molecular weight excluding hydrogens is 154 g/mol. The van der Waals surface area contributed by atoms with E-state index in [-0.39, 0.29) is 5.78 Å². The van der Waals surface area contributed by atoms with E-state index < -0.39 is 6.61 Å². The van der Waals surface area contributed by atoms with E-state index in [1.807, 2.05) is 13.0 Å². The Morgan fingerprint density at radius 1 is 1.58 bits per heavy atom. The van der Waals surface area contributed by atoms with Crippen LogP contribution in [0, 0.1) is 6.92 Å². The maximum atomic E-state index is 11.1. The van der Waals surface area contributed by atoms with Crippen molar-refractivity contribution in [1.82, 2.24) is 0 Å². The average Bonchev–Trinajstić information content (AvgIpc) is 2.08. The van der Waals surface area contributed by atoms with Crippen LogP contribution in [0.5, 0.6) is 0 Å². The van der Waals surface area contributed by atoms with Gasteiger partial charge in [0.05, 0.1) is 0 Å². The predicted octanol–water partition coefficient (Wildman–Crippen LogP) is 0.752. The number of anilines is 1. The minimum absolute atomic E-state index is 0.337. The summed E-state index contributed by atoms with van der Waals surface area (Å²) in [5.41, 5.74) is 7.31. The number of Topliss-reactive ketones (excluding diaryl/α,β-unsaturated/α-hetero) is 1. The fourth-order valence-corrected chi connectivity index (χ4v) is 0.997. The topological polar surface area (TPSA) is 63.3 Å². The number of rotatable bonds is 2. The van der Waals surface area contributed by atoms with Crippen molar-refractivity contribution in [3.05, 3.63) is 29.3 Å². The summed E-state index contributed by atoms with van der Waals surface area (Å²) in [6.45, 7) is 1.38. The first-order valence-electron chi connectivity index (χ1n) is 3.65. The van der Waals surface area contributed by atoms with Gasteiger partial charge in [0.15, 0.2) is 5.78 Å². The average molecular weight is 165 g/mol. The zero-order chi connectivity index (χ0) is 9.14. The van der Waals surface area contributed by atoms with Crippen LogP contribution in [0.25, 0.3) is 0 Å². The highest BCUT2D eigenvalue weighted by molar-refractivity contribution is 6.01. The van der Waals surface area contributed by atoms with E-state index in [0.29, 0.717) is 11.3 Å². The molecule has 0 saturated heterocycles. The van der Waals surface area contributed by atoms with Gasteiger partial charge in [-0.3, -0.25) is 4.79 Å². The van der Waals surface area contributed by atoms with Crippen molar-refractivity contribution < 1.29 is 9.90 Å². The Hall–Kier alpha value is -1.35. The molecule has 3 nitrogen and oxygen atoms in total. The molecule has 0 aliphatic carbocycles. The Balaban J connectivity index is 3.13. The van der Waals surface area contributed by atoms with E-state index in [1.54, 1.807) is 12.1 Å². The Kier molecular flexibility index (Phi) is 2.45. The number of benzene rings is 1. The van der Waals surface area contributed by atoms with Crippen molar-refractivity contribution in [2.75, 3.05) is 12.3 Å². The van der Waals surface area contributed by atoms with Gasteiger partial charge in [-0.25, -0.2) is 0 Å². The summed E-state index contributed by atoms with van der Waals surface area (Å²) in [5.74, 6) is -0.337. The van der Waals surface area contributed by atoms with Crippen LogP contribution < -0.4 is 5.73 Å². The van der Waals surface area contributed by atoms with Gasteiger partial charge in [-0.05, 0) is 19.1 Å². The molecule has 3 heteroatoms. The smallest absolute Gasteiger partial charge is 0.190 e. The highest BCUT2D eigenvalue weighted by atomic mass is 16.3. The van der Waals surface area contributed by atoms with Gasteiger partial charge in [-0.1, -0.05) is 11.6 Å². The van der Waals surface area contributed by atoms with Crippen molar-refractivity contribution in [2.45, 2.75) is 6.92 Å². The Morgan fingerprint density at radius 2 is 2.25 bits per heavy atom. The third-order valence-corrected chi connectivity index (χ3v) is 1.65. The minimum Gasteiger partial charge on any atom is -0.398 e. The number of carbonyl (C=O) groups excluding carboxylic acids is 1. The number of aliphatic hydroxyl groups excluding tert-OH is 1. The standard InChI is InChI=1S/C9H11NO2/c1-6-2-3-8(10)7(4-6)9(12)5-11/h2-4,11H,5,10H2,1H3. The molecule has 0 atom stereocenters. The first-order chi connectivity index (χ1) is 5.65. The zero-order valence-corrected chi connectivity index (χ0v) is 6.87. The van der Waals surface area contributed by atoms with Crippen LogP contribution >= 0.6 is 0 Å². The molecule has 0 aliphatic rings. The summed E-state index contributed by atoms with van der Waals surface area (Å²) >= 11 is 0. The van der Waals surface area contributed by atoms with Crippen LogP contribution in [-0.4, -0.2) is 17.5 Å². The van der Waals surface area contributed by atoms with Crippen LogP contribution in [0.15, 0.2) is 18.2 Å². The molecule has 0 unspecified atom stereocenters. The molecular formula is C9H11NO2. The Labute approximate surface area is 70.8 Å². The van der Waals surface area contributed by atoms with Crippen molar-refractivity contribution >= 4 is 11.5 Å². The third-order valence-electron chi connectivity index (χ3n) is 1.65. The molecule has 0 bridgehead atoms. The number of hydrogen-bond acceptors (Lipinski definition) is 3. The number of nitrogens with two attached hydrogens (primary N) is 1. The van der Waals surface area contributed by atoms with Gasteiger partial charge in [0, 0.05) is 11.3 Å². The number of aryl methyl sites for hydroxylation is 1. The number of nitrogen functional groups attached to an aromatic ring is 1. The molecule has 0 aliphatic heterocycles. The quantitative estimate of drug-likeness (QED) is 0.502.